The molecule has 0 aliphatic heterocycles. The lowest BCUT2D eigenvalue weighted by Gasteiger charge is -2.18. The molecule has 0 saturated carbocycles. The number of fused-ring (bicyclic) bond motifs is 1. The highest BCUT2D eigenvalue weighted by molar-refractivity contribution is 5.98. The molecule has 7 nitrogen and oxygen atoms in total. The van der Waals surface area contributed by atoms with E-state index in [-0.39, 0.29) is 5.56 Å². The van der Waals surface area contributed by atoms with Gasteiger partial charge in [-0.15, -0.1) is 0 Å². The maximum Gasteiger partial charge on any atom is 0.349 e. The molecule has 0 bridgehead atoms. The quantitative estimate of drug-likeness (QED) is 0.375. The third-order valence-electron chi connectivity index (χ3n) is 5.01. The number of carbonyl (C=O) groups is 2. The van der Waals surface area contributed by atoms with Crippen molar-refractivity contribution in [3.05, 3.63) is 112 Å². The van der Waals surface area contributed by atoms with Gasteiger partial charge < -0.3 is 9.15 Å². The third-order valence-corrected chi connectivity index (χ3v) is 5.01. The molecule has 32 heavy (non-hydrogen) atoms. The van der Waals surface area contributed by atoms with E-state index in [0.717, 1.165) is 11.1 Å². The van der Waals surface area contributed by atoms with Crippen LogP contribution in [0.3, 0.4) is 0 Å². The molecule has 0 atom stereocenters. The standard InChI is InChI=1S/C25H20N2O5/c1-31-19-13-12-18-14-20(25(30)32-21(18)15-19)23(28)26-27-24(29)22(16-8-4-2-5-9-16)17-10-6-3-7-11-17/h2-15,22H,1H3,(H,26,28)(H,27,29). The van der Waals surface area contributed by atoms with Gasteiger partial charge in [0.2, 0.25) is 5.91 Å². The van der Waals surface area contributed by atoms with Crippen LogP contribution in [-0.2, 0) is 4.79 Å². The van der Waals surface area contributed by atoms with Crippen LogP contribution in [0.1, 0.15) is 27.4 Å². The molecular weight excluding hydrogens is 408 g/mol. The second kappa shape index (κ2) is 9.18. The predicted molar refractivity (Wildman–Crippen MR) is 119 cm³/mol. The lowest BCUT2D eigenvalue weighted by atomic mass is 9.91. The van der Waals surface area contributed by atoms with Gasteiger partial charge in [0.05, 0.1) is 13.0 Å². The Morgan fingerprint density at radius 3 is 2.06 bits per heavy atom. The number of hydrogen-bond donors (Lipinski definition) is 2. The molecular formula is C25H20N2O5. The largest absolute Gasteiger partial charge is 0.497 e. The smallest absolute Gasteiger partial charge is 0.349 e. The van der Waals surface area contributed by atoms with Gasteiger partial charge in [-0.1, -0.05) is 60.7 Å². The molecule has 0 aliphatic rings. The molecule has 1 aromatic heterocycles. The molecule has 0 spiro atoms. The summed E-state index contributed by atoms with van der Waals surface area (Å²) in [5, 5.41) is 0.549. The molecule has 160 valence electrons. The van der Waals surface area contributed by atoms with Crippen LogP contribution in [0.25, 0.3) is 11.0 Å². The fraction of sp³-hybridized carbons (Fsp3) is 0.0800. The zero-order valence-corrected chi connectivity index (χ0v) is 17.2. The average Bonchev–Trinajstić information content (AvgIpc) is 2.83. The second-order valence-corrected chi connectivity index (χ2v) is 7.05. The zero-order valence-electron chi connectivity index (χ0n) is 17.2. The van der Waals surface area contributed by atoms with Gasteiger partial charge in [0.15, 0.2) is 0 Å². The van der Waals surface area contributed by atoms with Crippen LogP contribution in [0.15, 0.2) is 94.1 Å². The summed E-state index contributed by atoms with van der Waals surface area (Å²) in [5.41, 5.74) is 5.54. The molecule has 0 saturated heterocycles. The van der Waals surface area contributed by atoms with Crippen molar-refractivity contribution < 1.29 is 18.7 Å². The molecule has 1 heterocycles. The SMILES string of the molecule is COc1ccc2cc(C(=O)NNC(=O)C(c3ccccc3)c3ccccc3)c(=O)oc2c1. The highest BCUT2D eigenvalue weighted by atomic mass is 16.5. The van der Waals surface area contributed by atoms with Crippen LogP contribution in [-0.4, -0.2) is 18.9 Å². The van der Waals surface area contributed by atoms with Crippen LogP contribution < -0.4 is 21.2 Å². The van der Waals surface area contributed by atoms with Gasteiger partial charge in [-0.3, -0.25) is 20.4 Å². The van der Waals surface area contributed by atoms with Crippen molar-refractivity contribution in [2.45, 2.75) is 5.92 Å². The molecule has 2 amide bonds. The van der Waals surface area contributed by atoms with Crippen LogP contribution in [0.5, 0.6) is 5.75 Å². The first-order valence-electron chi connectivity index (χ1n) is 9.89. The minimum Gasteiger partial charge on any atom is -0.497 e. The van der Waals surface area contributed by atoms with E-state index in [1.807, 2.05) is 60.7 Å². The first kappa shape index (κ1) is 20.9. The highest BCUT2D eigenvalue weighted by Gasteiger charge is 2.23. The summed E-state index contributed by atoms with van der Waals surface area (Å²) >= 11 is 0. The topological polar surface area (TPSA) is 97.6 Å². The minimum atomic E-state index is -0.819. The van der Waals surface area contributed by atoms with E-state index in [9.17, 15) is 14.4 Å². The number of benzene rings is 3. The number of hydrogen-bond acceptors (Lipinski definition) is 5. The van der Waals surface area contributed by atoms with E-state index in [0.29, 0.717) is 16.7 Å². The van der Waals surface area contributed by atoms with E-state index >= 15 is 0 Å². The number of carbonyl (C=O) groups excluding carboxylic acids is 2. The van der Waals surface area contributed by atoms with Crippen LogP contribution >= 0.6 is 0 Å². The van der Waals surface area contributed by atoms with Crippen molar-refractivity contribution in [2.75, 3.05) is 7.11 Å². The van der Waals surface area contributed by atoms with Crippen LogP contribution in [0.4, 0.5) is 0 Å². The molecule has 0 fully saturated rings. The lowest BCUT2D eigenvalue weighted by Crippen LogP contribution is -2.45. The van der Waals surface area contributed by atoms with E-state index < -0.39 is 23.4 Å². The molecule has 2 N–H and O–H groups in total. The van der Waals surface area contributed by atoms with Crippen LogP contribution in [0.2, 0.25) is 0 Å². The van der Waals surface area contributed by atoms with E-state index in [2.05, 4.69) is 10.9 Å². The van der Waals surface area contributed by atoms with Gasteiger partial charge in [-0.2, -0.15) is 0 Å². The van der Waals surface area contributed by atoms with E-state index in [1.54, 1.807) is 18.2 Å². The number of amides is 2. The maximum atomic E-state index is 13.0. The molecule has 7 heteroatoms. The minimum absolute atomic E-state index is 0.223. The number of rotatable bonds is 5. The Balaban J connectivity index is 1.55. The number of ether oxygens (including phenoxy) is 1. The maximum absolute atomic E-state index is 13.0. The van der Waals surface area contributed by atoms with Gasteiger partial charge in [-0.25, -0.2) is 4.79 Å². The molecule has 0 radical (unpaired) electrons. The van der Waals surface area contributed by atoms with Crippen molar-refractivity contribution >= 4 is 22.8 Å². The Morgan fingerprint density at radius 1 is 0.844 bits per heavy atom. The van der Waals surface area contributed by atoms with E-state index in [1.165, 1.54) is 13.2 Å². The first-order valence-corrected chi connectivity index (χ1v) is 9.89. The Hall–Kier alpha value is -4.39. The third kappa shape index (κ3) is 4.37. The predicted octanol–water partition coefficient (Wildman–Crippen LogP) is 3.39. The monoisotopic (exact) mass is 428 g/mol. The average molecular weight is 428 g/mol. The summed E-state index contributed by atoms with van der Waals surface area (Å²) in [4.78, 5) is 37.9. The Morgan fingerprint density at radius 2 is 1.47 bits per heavy atom. The molecule has 3 aromatic carbocycles. The van der Waals surface area contributed by atoms with E-state index in [4.69, 9.17) is 9.15 Å². The molecule has 0 aliphatic carbocycles. The summed E-state index contributed by atoms with van der Waals surface area (Å²) < 4.78 is 10.4. The fourth-order valence-corrected chi connectivity index (χ4v) is 3.42. The summed E-state index contributed by atoms with van der Waals surface area (Å²) in [7, 11) is 1.50. The van der Waals surface area contributed by atoms with Crippen molar-refractivity contribution in [1.29, 1.82) is 0 Å². The van der Waals surface area contributed by atoms with Gasteiger partial charge in [-0.05, 0) is 29.3 Å². The number of hydrazine groups is 1. The second-order valence-electron chi connectivity index (χ2n) is 7.05. The summed E-state index contributed by atoms with van der Waals surface area (Å²) in [6.45, 7) is 0. The molecule has 0 unspecified atom stereocenters. The fourth-order valence-electron chi connectivity index (χ4n) is 3.42. The van der Waals surface area contributed by atoms with Gasteiger partial charge >= 0.3 is 5.63 Å². The van der Waals surface area contributed by atoms with Crippen molar-refractivity contribution in [1.82, 2.24) is 10.9 Å². The molecule has 4 rings (SSSR count). The Kier molecular flexibility index (Phi) is 5.98. The Bertz CT molecular complexity index is 1280. The summed E-state index contributed by atoms with van der Waals surface area (Å²) in [6.07, 6.45) is 0. The van der Waals surface area contributed by atoms with Gasteiger partial charge in [0.1, 0.15) is 16.9 Å². The normalized spacial score (nSPS) is 10.7. The van der Waals surface area contributed by atoms with Crippen LogP contribution in [0, 0.1) is 0 Å². The summed E-state index contributed by atoms with van der Waals surface area (Å²) in [6, 6.07) is 24.8. The zero-order chi connectivity index (χ0) is 22.5. The number of methoxy groups -OCH3 is 1. The molecule has 4 aromatic rings. The van der Waals surface area contributed by atoms with Gasteiger partial charge in [0, 0.05) is 11.5 Å². The van der Waals surface area contributed by atoms with Gasteiger partial charge in [0.25, 0.3) is 5.91 Å². The van der Waals surface area contributed by atoms with Crippen molar-refractivity contribution in [3.8, 4) is 5.75 Å². The summed E-state index contributed by atoms with van der Waals surface area (Å²) in [5.74, 6) is -1.33. The first-order chi connectivity index (χ1) is 15.6. The number of nitrogens with one attached hydrogen (secondary N) is 2. The highest BCUT2D eigenvalue weighted by Crippen LogP contribution is 2.24. The van der Waals surface area contributed by atoms with Crippen molar-refractivity contribution in [2.24, 2.45) is 0 Å². The Labute approximate surface area is 183 Å². The lowest BCUT2D eigenvalue weighted by molar-refractivity contribution is -0.122. The van der Waals surface area contributed by atoms with Crippen molar-refractivity contribution in [3.63, 3.8) is 0 Å².